The number of phenols is 1. The lowest BCUT2D eigenvalue weighted by Gasteiger charge is -2.29. The zero-order valence-corrected chi connectivity index (χ0v) is 19.3. The molecule has 3 amide bonds. The average molecular weight is 486 g/mol. The Morgan fingerprint density at radius 2 is 1.67 bits per heavy atom. The molecule has 2 fully saturated rings. The molecule has 3 aliphatic rings. The van der Waals surface area contributed by atoms with E-state index < -0.39 is 41.0 Å². The lowest BCUT2D eigenvalue weighted by atomic mass is 9.76. The van der Waals surface area contributed by atoms with Gasteiger partial charge in [0.2, 0.25) is 17.7 Å². The van der Waals surface area contributed by atoms with Gasteiger partial charge in [-0.05, 0) is 54.3 Å². The highest BCUT2D eigenvalue weighted by atomic mass is 19.1. The predicted octanol–water partition coefficient (Wildman–Crippen LogP) is 2.74. The second-order valence-electron chi connectivity index (χ2n) is 9.64. The second kappa shape index (κ2) is 8.27. The zero-order chi connectivity index (χ0) is 25.0. The van der Waals surface area contributed by atoms with Crippen molar-refractivity contribution in [2.75, 3.05) is 11.9 Å². The topological polar surface area (TPSA) is 98.7 Å². The van der Waals surface area contributed by atoms with Crippen LogP contribution in [-0.2, 0) is 32.8 Å². The van der Waals surface area contributed by atoms with Gasteiger partial charge in [-0.3, -0.25) is 24.6 Å². The summed E-state index contributed by atoms with van der Waals surface area (Å²) in [5, 5.41) is 15.8. The van der Waals surface area contributed by atoms with E-state index in [0.717, 1.165) is 11.1 Å². The highest BCUT2D eigenvalue weighted by molar-refractivity contribution is 6.15. The third kappa shape index (κ3) is 3.32. The molecule has 7 nitrogen and oxygen atoms in total. The lowest BCUT2D eigenvalue weighted by molar-refractivity contribution is -0.142. The molecule has 0 saturated carbocycles. The largest absolute Gasteiger partial charge is 0.508 e. The number of halogens is 1. The first-order chi connectivity index (χ1) is 17.4. The summed E-state index contributed by atoms with van der Waals surface area (Å²) >= 11 is 0. The van der Waals surface area contributed by atoms with Gasteiger partial charge in [0.1, 0.15) is 17.1 Å². The van der Waals surface area contributed by atoms with Crippen LogP contribution in [-0.4, -0.2) is 40.3 Å². The average Bonchev–Trinajstić information content (AvgIpc) is 3.44. The van der Waals surface area contributed by atoms with Crippen LogP contribution in [0.4, 0.5) is 10.1 Å². The van der Waals surface area contributed by atoms with Gasteiger partial charge in [0.25, 0.3) is 0 Å². The summed E-state index contributed by atoms with van der Waals surface area (Å²) in [5.41, 5.74) is 1.07. The zero-order valence-electron chi connectivity index (χ0n) is 19.3. The Labute approximate surface area is 206 Å². The Morgan fingerprint density at radius 3 is 2.42 bits per heavy atom. The quantitative estimate of drug-likeness (QED) is 0.483. The van der Waals surface area contributed by atoms with Crippen LogP contribution in [0.1, 0.15) is 16.7 Å². The fraction of sp³-hybridized carbons (Fsp3) is 0.250. The molecular formula is C28H24FN3O4. The molecule has 3 aliphatic heterocycles. The molecular weight excluding hydrogens is 461 g/mol. The molecule has 3 N–H and O–H groups in total. The van der Waals surface area contributed by atoms with E-state index in [2.05, 4.69) is 10.6 Å². The van der Waals surface area contributed by atoms with Gasteiger partial charge in [0.15, 0.2) is 0 Å². The number of carbonyl (C=O) groups is 3. The molecule has 3 aromatic rings. The van der Waals surface area contributed by atoms with E-state index >= 15 is 0 Å². The summed E-state index contributed by atoms with van der Waals surface area (Å²) in [6.07, 6.45) is 0.852. The number of nitrogens with one attached hydrogen (secondary N) is 2. The van der Waals surface area contributed by atoms with Crippen molar-refractivity contribution >= 4 is 23.4 Å². The van der Waals surface area contributed by atoms with Crippen molar-refractivity contribution in [3.63, 3.8) is 0 Å². The Morgan fingerprint density at radius 1 is 0.917 bits per heavy atom. The van der Waals surface area contributed by atoms with Gasteiger partial charge in [-0.2, -0.15) is 0 Å². The van der Waals surface area contributed by atoms with Crippen LogP contribution in [0.3, 0.4) is 0 Å². The highest BCUT2D eigenvalue weighted by Gasteiger charge is 2.70. The summed E-state index contributed by atoms with van der Waals surface area (Å²) in [4.78, 5) is 42.3. The monoisotopic (exact) mass is 485 g/mol. The molecule has 2 saturated heterocycles. The molecule has 0 aromatic heterocycles. The molecule has 2 unspecified atom stereocenters. The van der Waals surface area contributed by atoms with Crippen LogP contribution in [0.5, 0.6) is 5.75 Å². The number of hydrogen-bond donors (Lipinski definition) is 3. The van der Waals surface area contributed by atoms with Crippen molar-refractivity contribution in [2.45, 2.75) is 24.4 Å². The second-order valence-corrected chi connectivity index (χ2v) is 9.64. The third-order valence-corrected chi connectivity index (χ3v) is 7.63. The lowest BCUT2D eigenvalue weighted by Crippen LogP contribution is -2.53. The van der Waals surface area contributed by atoms with E-state index in [1.54, 1.807) is 24.3 Å². The van der Waals surface area contributed by atoms with E-state index in [9.17, 15) is 23.9 Å². The van der Waals surface area contributed by atoms with Crippen LogP contribution in [0.15, 0.2) is 72.8 Å². The number of likely N-dealkylation sites (tertiary alicyclic amines) is 1. The maximum absolute atomic E-state index is 14.4. The van der Waals surface area contributed by atoms with Gasteiger partial charge in [-0.1, -0.05) is 42.5 Å². The van der Waals surface area contributed by atoms with E-state index in [4.69, 9.17) is 0 Å². The smallest absolute Gasteiger partial charge is 0.250 e. The van der Waals surface area contributed by atoms with Crippen LogP contribution >= 0.6 is 0 Å². The highest BCUT2D eigenvalue weighted by Crippen LogP contribution is 2.53. The van der Waals surface area contributed by atoms with Crippen molar-refractivity contribution in [1.82, 2.24) is 10.2 Å². The summed E-state index contributed by atoms with van der Waals surface area (Å²) in [6.45, 7) is 0.203. The van der Waals surface area contributed by atoms with E-state index in [-0.39, 0.29) is 18.2 Å². The Bertz CT molecular complexity index is 1380. The summed E-state index contributed by atoms with van der Waals surface area (Å²) in [5.74, 6) is -3.40. The molecule has 0 radical (unpaired) electrons. The Kier molecular flexibility index (Phi) is 5.15. The van der Waals surface area contributed by atoms with Crippen molar-refractivity contribution in [3.05, 3.63) is 95.3 Å². The first-order valence-electron chi connectivity index (χ1n) is 11.9. The van der Waals surface area contributed by atoms with Crippen LogP contribution in [0.2, 0.25) is 0 Å². The van der Waals surface area contributed by atoms with Crippen LogP contribution in [0, 0.1) is 17.7 Å². The van der Waals surface area contributed by atoms with E-state index in [1.807, 2.05) is 30.3 Å². The van der Waals surface area contributed by atoms with Crippen molar-refractivity contribution in [3.8, 4) is 5.75 Å². The first-order valence-corrected chi connectivity index (χ1v) is 11.9. The number of fused-ring (bicyclic) bond motifs is 4. The van der Waals surface area contributed by atoms with Gasteiger partial charge < -0.3 is 10.4 Å². The Hall–Kier alpha value is -4.04. The number of nitrogens with zero attached hydrogens (tertiary/aromatic N) is 1. The van der Waals surface area contributed by atoms with Crippen molar-refractivity contribution in [2.24, 2.45) is 11.8 Å². The molecule has 0 aliphatic carbocycles. The fourth-order valence-electron chi connectivity index (χ4n) is 6.00. The predicted molar refractivity (Wildman–Crippen MR) is 129 cm³/mol. The number of hydrogen-bond acceptors (Lipinski definition) is 5. The number of carbonyl (C=O) groups excluding carboxylic acids is 3. The van der Waals surface area contributed by atoms with Crippen LogP contribution < -0.4 is 10.6 Å². The van der Waals surface area contributed by atoms with Gasteiger partial charge >= 0.3 is 0 Å². The Balaban J connectivity index is 1.40. The summed E-state index contributed by atoms with van der Waals surface area (Å²) < 4.78 is 14.4. The molecule has 36 heavy (non-hydrogen) atoms. The van der Waals surface area contributed by atoms with Crippen molar-refractivity contribution < 1.29 is 23.9 Å². The number of anilines is 1. The number of rotatable bonds is 5. The summed E-state index contributed by atoms with van der Waals surface area (Å²) in [6, 6.07) is 19.6. The number of aromatic hydroxyl groups is 1. The number of imide groups is 1. The molecule has 0 bridgehead atoms. The van der Waals surface area contributed by atoms with Gasteiger partial charge in [-0.15, -0.1) is 0 Å². The minimum atomic E-state index is -1.54. The van der Waals surface area contributed by atoms with Gasteiger partial charge in [0, 0.05) is 23.8 Å². The number of benzene rings is 3. The maximum Gasteiger partial charge on any atom is 0.250 e. The van der Waals surface area contributed by atoms with Crippen molar-refractivity contribution in [1.29, 1.82) is 0 Å². The SMILES string of the molecule is O=C1[C@@H]2C(Cc3ccc(O)cc3)NC3(C(=O)Nc4ccc(F)cc43)[C@@H]2C(=O)N1CCc1ccccc1. The molecule has 1 spiro atoms. The van der Waals surface area contributed by atoms with E-state index in [0.29, 0.717) is 24.1 Å². The normalized spacial score (nSPS) is 26.4. The minimum absolute atomic E-state index is 0.117. The van der Waals surface area contributed by atoms with E-state index in [1.165, 1.54) is 23.1 Å². The molecule has 3 aromatic carbocycles. The molecule has 8 heteroatoms. The maximum atomic E-state index is 14.4. The molecule has 4 atom stereocenters. The number of amides is 3. The van der Waals surface area contributed by atoms with Crippen LogP contribution in [0.25, 0.3) is 0 Å². The fourth-order valence-corrected chi connectivity index (χ4v) is 6.00. The third-order valence-electron chi connectivity index (χ3n) is 7.63. The van der Waals surface area contributed by atoms with Gasteiger partial charge in [0.05, 0.1) is 11.8 Å². The summed E-state index contributed by atoms with van der Waals surface area (Å²) in [7, 11) is 0. The first kappa shape index (κ1) is 22.4. The minimum Gasteiger partial charge on any atom is -0.508 e. The molecule has 182 valence electrons. The van der Waals surface area contributed by atoms with Gasteiger partial charge in [-0.25, -0.2) is 4.39 Å². The standard InChI is InChI=1S/C28H24FN3O4/c29-18-8-11-21-20(15-18)28(27(36)30-21)24-23(22(31-28)14-17-6-9-19(33)10-7-17)25(34)32(26(24)35)13-12-16-4-2-1-3-5-16/h1-11,15,22-24,31,33H,12-14H2,(H,30,36)/t22?,23-,24+,28?/m1/s1. The number of phenolic OH excluding ortho intramolecular Hbond substituents is 1. The molecule has 6 rings (SSSR count). The molecule has 3 heterocycles.